The smallest absolute Gasteiger partial charge is 0.343 e. The van der Waals surface area contributed by atoms with Gasteiger partial charge in [-0.15, -0.1) is 0 Å². The summed E-state index contributed by atoms with van der Waals surface area (Å²) < 4.78 is 37.0. The first-order valence-corrected chi connectivity index (χ1v) is 40.9. The summed E-state index contributed by atoms with van der Waals surface area (Å²) in [6.45, 7) is 37.0. The van der Waals surface area contributed by atoms with Crippen LogP contribution in [-0.4, -0.2) is 198 Å². The molecule has 0 saturated heterocycles. The number of rotatable bonds is 32. The number of carbonyl (C=O) groups is 5. The van der Waals surface area contributed by atoms with Crippen LogP contribution in [0.3, 0.4) is 0 Å². The standard InChI is InChI=1S/C21H22N2O2.C20H29N3O2.C19H26N2O3.C18H24N2O3.C17H22N2O3/c1-4-25-21(24)18-13-23-19-15(3)10-14(2)11-17(19)20(18)22-12-16-8-6-5-7-9-16;1-7-25-20(24)17-13-21-18-15(3)11-14(2)12-16(18)19(17)23(6)10-8-9-22(4)5;1-6-23-19(22)16-12-20-17-14(3)10-13(2)11-15(17)18(16)24-9-7-8-21(4)5;1-5-23-18(21)15-11-20-16-13(3)9-12(2)10-14(16)17(15)19-7-6-8-22-4;1-4-22-17(21)14-10-19-15-12(3)8-11(2)9-13(15)16(14)18-6-5-7-20/h5-11,13H,4,12H2,1-3H3,(H,22,23);11-13H,7-10H2,1-6H3;10-12H,6-9H2,1-5H3;9-11H,5-8H2,1-4H3,(H,19,20);8-10,20H,4-7H2,1-3H3,(H,18,19). The Morgan fingerprint density at radius 3 is 1.11 bits per heavy atom. The van der Waals surface area contributed by atoms with Gasteiger partial charge >= 0.3 is 29.8 Å². The van der Waals surface area contributed by atoms with E-state index < -0.39 is 5.97 Å². The molecule has 24 heteroatoms. The molecule has 0 saturated carbocycles. The number of ether oxygens (including phenoxy) is 7. The highest BCUT2D eigenvalue weighted by atomic mass is 16.5. The van der Waals surface area contributed by atoms with Crippen molar-refractivity contribution in [1.29, 1.82) is 0 Å². The van der Waals surface area contributed by atoms with E-state index in [-0.39, 0.29) is 30.5 Å². The van der Waals surface area contributed by atoms with E-state index in [1.54, 1.807) is 65.8 Å². The molecule has 0 unspecified atom stereocenters. The number of aliphatic hydroxyl groups is 1. The molecule has 0 aliphatic carbocycles. The molecule has 0 spiro atoms. The highest BCUT2D eigenvalue weighted by Gasteiger charge is 2.25. The van der Waals surface area contributed by atoms with Crippen molar-refractivity contribution in [3.63, 3.8) is 0 Å². The lowest BCUT2D eigenvalue weighted by molar-refractivity contribution is 0.0512. The number of aliphatic hydroxyl groups excluding tert-OH is 1. The minimum atomic E-state index is -0.395. The summed E-state index contributed by atoms with van der Waals surface area (Å²) >= 11 is 0. The number of carbonyl (C=O) groups excluding carboxylic acids is 5. The average Bonchev–Trinajstić information content (AvgIpc) is 0.792. The quantitative estimate of drug-likeness (QED) is 0.0173. The first-order valence-electron chi connectivity index (χ1n) is 40.9. The zero-order valence-electron chi connectivity index (χ0n) is 73.7. The van der Waals surface area contributed by atoms with Crippen LogP contribution in [0.5, 0.6) is 5.75 Å². The molecule has 0 amide bonds. The molecular weight excluding hydrogens is 1500 g/mol. The second kappa shape index (κ2) is 47.2. The largest absolute Gasteiger partial charge is 0.492 e. The van der Waals surface area contributed by atoms with Gasteiger partial charge in [0.25, 0.3) is 0 Å². The number of hydrogen-bond donors (Lipinski definition) is 4. The van der Waals surface area contributed by atoms with Crippen LogP contribution >= 0.6 is 0 Å². The van der Waals surface area contributed by atoms with Crippen molar-refractivity contribution in [2.45, 2.75) is 136 Å². The van der Waals surface area contributed by atoms with Crippen LogP contribution in [0.1, 0.15) is 173 Å². The van der Waals surface area contributed by atoms with Crippen LogP contribution < -0.4 is 25.6 Å². The topological polar surface area (TPSA) is 280 Å². The number of pyridine rings is 5. The van der Waals surface area contributed by atoms with Crippen LogP contribution in [-0.2, 0) is 35.0 Å². The van der Waals surface area contributed by atoms with Crippen LogP contribution in [0.2, 0.25) is 0 Å². The molecule has 6 aromatic carbocycles. The molecule has 0 fully saturated rings. The number of anilines is 4. The molecule has 0 radical (unpaired) electrons. The van der Waals surface area contributed by atoms with E-state index in [2.05, 4.69) is 144 Å². The van der Waals surface area contributed by atoms with Crippen molar-refractivity contribution in [2.24, 2.45) is 0 Å². The van der Waals surface area contributed by atoms with Crippen molar-refractivity contribution in [3.05, 3.63) is 211 Å². The molecule has 5 heterocycles. The van der Waals surface area contributed by atoms with Gasteiger partial charge in [-0.2, -0.15) is 0 Å². The number of benzene rings is 6. The summed E-state index contributed by atoms with van der Waals surface area (Å²) in [5.74, 6) is -1.23. The molecule has 0 aliphatic rings. The maximum absolute atomic E-state index is 12.5. The van der Waals surface area contributed by atoms with Crippen molar-refractivity contribution in [3.8, 4) is 5.75 Å². The van der Waals surface area contributed by atoms with Gasteiger partial charge in [0, 0.05) is 118 Å². The van der Waals surface area contributed by atoms with E-state index in [1.807, 2.05) is 114 Å². The lowest BCUT2D eigenvalue weighted by Crippen LogP contribution is -2.25. The molecule has 119 heavy (non-hydrogen) atoms. The van der Waals surface area contributed by atoms with Gasteiger partial charge in [-0.05, 0) is 234 Å². The van der Waals surface area contributed by atoms with Gasteiger partial charge in [-0.25, -0.2) is 24.0 Å². The molecule has 11 aromatic rings. The van der Waals surface area contributed by atoms with Gasteiger partial charge in [0.05, 0.1) is 90.0 Å². The van der Waals surface area contributed by atoms with Gasteiger partial charge < -0.3 is 68.9 Å². The van der Waals surface area contributed by atoms with Gasteiger partial charge in [-0.1, -0.05) is 82.9 Å². The van der Waals surface area contributed by atoms with Gasteiger partial charge in [0.1, 0.15) is 33.6 Å². The summed E-state index contributed by atoms with van der Waals surface area (Å²) in [6, 6.07) is 30.8. The normalized spacial score (nSPS) is 10.9. The first kappa shape index (κ1) is 94.7. The van der Waals surface area contributed by atoms with E-state index in [4.69, 9.17) is 38.3 Å². The molecule has 24 nitrogen and oxygen atoms in total. The van der Waals surface area contributed by atoms with Crippen molar-refractivity contribution < 1.29 is 62.2 Å². The number of aromatic nitrogens is 5. The Kier molecular flexibility index (Phi) is 37.6. The molecule has 0 bridgehead atoms. The van der Waals surface area contributed by atoms with Crippen LogP contribution in [0, 0.1) is 69.2 Å². The zero-order valence-corrected chi connectivity index (χ0v) is 73.7. The van der Waals surface area contributed by atoms with E-state index >= 15 is 0 Å². The van der Waals surface area contributed by atoms with Gasteiger partial charge in [-0.3, -0.25) is 24.9 Å². The first-order chi connectivity index (χ1) is 57.0. The molecule has 0 aliphatic heterocycles. The monoisotopic (exact) mass is 1630 g/mol. The second-order valence-electron chi connectivity index (χ2n) is 29.9. The average molecular weight is 1630 g/mol. The Hall–Kier alpha value is -11.4. The van der Waals surface area contributed by atoms with Gasteiger partial charge in [0.15, 0.2) is 0 Å². The third-order valence-corrected chi connectivity index (χ3v) is 19.2. The fourth-order valence-electron chi connectivity index (χ4n) is 14.0. The maximum Gasteiger partial charge on any atom is 0.343 e. The summed E-state index contributed by atoms with van der Waals surface area (Å²) in [4.78, 5) is 90.3. The van der Waals surface area contributed by atoms with Crippen molar-refractivity contribution >= 4 is 107 Å². The number of methoxy groups -OCH3 is 1. The SMILES string of the molecule is CCOC(=O)c1cnc2c(C)cc(C)cc2c1N(C)CCCN(C)C.CCOC(=O)c1cnc2c(C)cc(C)cc2c1NCCCO.CCOC(=O)c1cnc2c(C)cc(C)cc2c1NCCCOC.CCOC(=O)c1cnc2c(C)cc(C)cc2c1NCc1ccccc1.CCOC(=O)c1cnc2c(C)cc(C)cc2c1OCCCN(C)C. The summed E-state index contributed by atoms with van der Waals surface area (Å²) in [5.41, 5.74) is 22.2. The third-order valence-electron chi connectivity index (χ3n) is 19.2. The van der Waals surface area contributed by atoms with Gasteiger partial charge in [0.2, 0.25) is 0 Å². The zero-order chi connectivity index (χ0) is 87.0. The fourth-order valence-corrected chi connectivity index (χ4v) is 14.0. The highest BCUT2D eigenvalue weighted by molar-refractivity contribution is 6.09. The number of aryl methyl sites for hydroxylation is 10. The predicted molar refractivity (Wildman–Crippen MR) is 480 cm³/mol. The maximum atomic E-state index is 12.5. The molecule has 636 valence electrons. The minimum absolute atomic E-state index is 0.100. The number of hydrogen-bond acceptors (Lipinski definition) is 24. The van der Waals surface area contributed by atoms with E-state index in [0.29, 0.717) is 106 Å². The number of esters is 5. The lowest BCUT2D eigenvalue weighted by Gasteiger charge is -2.24. The predicted octanol–water partition coefficient (Wildman–Crippen LogP) is 17.7. The van der Waals surface area contributed by atoms with Crippen molar-refractivity contribution in [2.75, 3.05) is 149 Å². The summed E-state index contributed by atoms with van der Waals surface area (Å²) in [6.07, 6.45) is 11.3. The number of nitrogens with zero attached hydrogens (tertiary/aromatic N) is 8. The number of fused-ring (bicyclic) bond motifs is 5. The van der Waals surface area contributed by atoms with Crippen LogP contribution in [0.15, 0.2) is 122 Å². The molecule has 5 aromatic heterocycles. The highest BCUT2D eigenvalue weighted by Crippen LogP contribution is 2.37. The van der Waals surface area contributed by atoms with Crippen LogP contribution in [0.4, 0.5) is 22.7 Å². The van der Waals surface area contributed by atoms with E-state index in [0.717, 1.165) is 177 Å². The molecule has 11 rings (SSSR count). The second-order valence-corrected chi connectivity index (χ2v) is 29.9. The Bertz CT molecular complexity index is 5270. The molecule has 4 N–H and O–H groups in total. The lowest BCUT2D eigenvalue weighted by atomic mass is 10.0. The third kappa shape index (κ3) is 26.5. The van der Waals surface area contributed by atoms with Crippen LogP contribution in [0.25, 0.3) is 54.5 Å². The molecule has 0 atom stereocenters. The summed E-state index contributed by atoms with van der Waals surface area (Å²) in [7, 11) is 11.9. The Labute approximate surface area is 702 Å². The Morgan fingerprint density at radius 2 is 0.714 bits per heavy atom. The molecular formula is C95H123N11O13. The van der Waals surface area contributed by atoms with E-state index in [1.165, 1.54) is 0 Å². The fraction of sp³-hybridized carbons (Fsp3) is 0.411. The van der Waals surface area contributed by atoms with Crippen molar-refractivity contribution in [1.82, 2.24) is 34.7 Å². The number of nitrogens with one attached hydrogen (secondary N) is 3. The Balaban J connectivity index is 0.000000205. The summed E-state index contributed by atoms with van der Waals surface area (Å²) in [5, 5.41) is 23.7. The van der Waals surface area contributed by atoms with E-state index in [9.17, 15) is 24.0 Å². The Morgan fingerprint density at radius 1 is 0.378 bits per heavy atom. The minimum Gasteiger partial charge on any atom is -0.492 e.